The molecule has 2 aromatic carbocycles. The molecule has 1 amide bonds. The van der Waals surface area contributed by atoms with Crippen molar-refractivity contribution in [2.75, 3.05) is 13.4 Å². The molecule has 0 fully saturated rings. The zero-order valence-electron chi connectivity index (χ0n) is 14.3. The first-order valence-electron chi connectivity index (χ1n) is 8.28. The molecule has 0 spiro atoms. The van der Waals surface area contributed by atoms with Crippen LogP contribution < -0.4 is 14.8 Å². The molecule has 0 saturated carbocycles. The van der Waals surface area contributed by atoms with E-state index in [4.69, 9.17) is 14.2 Å². The van der Waals surface area contributed by atoms with Gasteiger partial charge in [0.15, 0.2) is 11.5 Å². The number of carbonyl (C=O) groups is 1. The molecule has 0 bridgehead atoms. The predicted molar refractivity (Wildman–Crippen MR) is 93.8 cm³/mol. The number of rotatable bonds is 5. The van der Waals surface area contributed by atoms with Crippen molar-refractivity contribution in [2.45, 2.75) is 19.9 Å². The van der Waals surface area contributed by atoms with Crippen LogP contribution in [0, 0.1) is 5.82 Å². The second-order valence-electron chi connectivity index (χ2n) is 5.62. The number of benzene rings is 2. The lowest BCUT2D eigenvalue weighted by Gasteiger charge is -2.10. The smallest absolute Gasteiger partial charge is 0.292 e. The fourth-order valence-electron chi connectivity index (χ4n) is 2.29. The second-order valence-corrected chi connectivity index (χ2v) is 5.62. The molecule has 0 unspecified atom stereocenters. The van der Waals surface area contributed by atoms with Gasteiger partial charge in [-0.25, -0.2) is 9.38 Å². The minimum Gasteiger partial charge on any atom is -0.465 e. The summed E-state index contributed by atoms with van der Waals surface area (Å²) in [5, 5.41) is 2.62. The third-order valence-electron chi connectivity index (χ3n) is 3.61. The largest absolute Gasteiger partial charge is 0.465 e. The Morgan fingerprint density at radius 3 is 2.73 bits per heavy atom. The predicted octanol–water partition coefficient (Wildman–Crippen LogP) is 3.27. The van der Waals surface area contributed by atoms with Crippen LogP contribution in [-0.2, 0) is 11.3 Å². The summed E-state index contributed by atoms with van der Waals surface area (Å²) in [7, 11) is 0. The van der Waals surface area contributed by atoms with Gasteiger partial charge in [0, 0.05) is 5.56 Å². The van der Waals surface area contributed by atoms with E-state index < -0.39 is 11.7 Å². The number of nitrogens with zero attached hydrogens (tertiary/aromatic N) is 1. The zero-order valence-corrected chi connectivity index (χ0v) is 14.3. The van der Waals surface area contributed by atoms with Gasteiger partial charge in [0.25, 0.3) is 11.9 Å². The Morgan fingerprint density at radius 2 is 1.96 bits per heavy atom. The summed E-state index contributed by atoms with van der Waals surface area (Å²) in [6, 6.07) is 10.9. The van der Waals surface area contributed by atoms with E-state index in [1.807, 2.05) is 25.1 Å². The average Bonchev–Trinajstić information content (AvgIpc) is 3.12. The molecule has 26 heavy (non-hydrogen) atoms. The molecule has 1 N–H and O–H groups in total. The van der Waals surface area contributed by atoms with Crippen molar-refractivity contribution in [1.82, 2.24) is 5.32 Å². The monoisotopic (exact) mass is 358 g/mol. The quantitative estimate of drug-likeness (QED) is 0.658. The van der Waals surface area contributed by atoms with E-state index in [9.17, 15) is 9.18 Å². The Labute approximate surface area is 150 Å². The summed E-state index contributed by atoms with van der Waals surface area (Å²) in [4.78, 5) is 16.6. The van der Waals surface area contributed by atoms with E-state index in [-0.39, 0.29) is 12.8 Å². The molecule has 6 nitrogen and oxygen atoms in total. The number of fused-ring (bicyclic) bond motifs is 1. The summed E-state index contributed by atoms with van der Waals surface area (Å²) >= 11 is 0. The van der Waals surface area contributed by atoms with Gasteiger partial charge in [-0.3, -0.25) is 10.1 Å². The summed E-state index contributed by atoms with van der Waals surface area (Å²) in [5.41, 5.74) is 1.21. The molecule has 1 aliphatic heterocycles. The lowest BCUT2D eigenvalue weighted by Crippen LogP contribution is -2.33. The number of amides is 1. The van der Waals surface area contributed by atoms with Gasteiger partial charge >= 0.3 is 0 Å². The number of halogens is 1. The molecule has 0 saturated heterocycles. The molecule has 136 valence electrons. The Hall–Kier alpha value is -3.09. The standard InChI is InChI=1S/C19H19FN2O4/c1-2-9-24-19(22-18(23)14-4-6-15(20)7-5-14)21-11-13-3-8-16-17(10-13)26-12-25-16/h3-8,10H,2,9,11-12H2,1H3,(H,21,22,23). The number of aliphatic imine (C=N–C) groups is 1. The molecule has 0 aliphatic carbocycles. The fourth-order valence-corrected chi connectivity index (χ4v) is 2.29. The third-order valence-corrected chi connectivity index (χ3v) is 3.61. The summed E-state index contributed by atoms with van der Waals surface area (Å²) in [6.07, 6.45) is 0.773. The van der Waals surface area contributed by atoms with Gasteiger partial charge in [-0.15, -0.1) is 0 Å². The topological polar surface area (TPSA) is 69.2 Å². The molecule has 0 radical (unpaired) electrons. The molecular weight excluding hydrogens is 339 g/mol. The van der Waals surface area contributed by atoms with Crippen molar-refractivity contribution in [3.63, 3.8) is 0 Å². The maximum Gasteiger partial charge on any atom is 0.292 e. The van der Waals surface area contributed by atoms with Crippen LogP contribution in [-0.4, -0.2) is 25.3 Å². The van der Waals surface area contributed by atoms with E-state index in [1.54, 1.807) is 0 Å². The Balaban J connectivity index is 1.69. The van der Waals surface area contributed by atoms with E-state index >= 15 is 0 Å². The number of carbonyl (C=O) groups excluding carboxylic acids is 1. The highest BCUT2D eigenvalue weighted by atomic mass is 19.1. The molecule has 7 heteroatoms. The van der Waals surface area contributed by atoms with Crippen LogP contribution in [0.15, 0.2) is 47.5 Å². The van der Waals surface area contributed by atoms with Crippen molar-refractivity contribution in [3.8, 4) is 11.5 Å². The number of amidine groups is 1. The molecule has 3 rings (SSSR count). The van der Waals surface area contributed by atoms with Crippen LogP contribution in [0.1, 0.15) is 29.3 Å². The lowest BCUT2D eigenvalue weighted by molar-refractivity contribution is 0.0965. The summed E-state index contributed by atoms with van der Waals surface area (Å²) in [6.45, 7) is 2.89. The Kier molecular flexibility index (Phi) is 5.68. The van der Waals surface area contributed by atoms with Gasteiger partial charge < -0.3 is 14.2 Å². The van der Waals surface area contributed by atoms with Crippen LogP contribution in [0.2, 0.25) is 0 Å². The van der Waals surface area contributed by atoms with Crippen LogP contribution >= 0.6 is 0 Å². The number of nitrogens with one attached hydrogen (secondary N) is 1. The SMILES string of the molecule is CCCOC(=NCc1ccc2c(c1)OCO2)NC(=O)c1ccc(F)cc1. The van der Waals surface area contributed by atoms with Crippen molar-refractivity contribution >= 4 is 11.9 Å². The zero-order chi connectivity index (χ0) is 18.4. The van der Waals surface area contributed by atoms with Crippen molar-refractivity contribution in [2.24, 2.45) is 4.99 Å². The second kappa shape index (κ2) is 8.33. The van der Waals surface area contributed by atoms with E-state index in [0.717, 1.165) is 12.0 Å². The van der Waals surface area contributed by atoms with E-state index in [0.29, 0.717) is 30.2 Å². The Morgan fingerprint density at radius 1 is 1.19 bits per heavy atom. The van der Waals surface area contributed by atoms with Gasteiger partial charge in [-0.05, 0) is 48.4 Å². The van der Waals surface area contributed by atoms with Crippen LogP contribution in [0.25, 0.3) is 0 Å². The van der Waals surface area contributed by atoms with Crippen LogP contribution in [0.4, 0.5) is 4.39 Å². The third kappa shape index (κ3) is 4.50. The summed E-state index contributed by atoms with van der Waals surface area (Å²) in [5.74, 6) is 0.555. The molecule has 2 aromatic rings. The normalized spacial score (nSPS) is 12.8. The molecule has 1 aliphatic rings. The highest BCUT2D eigenvalue weighted by Crippen LogP contribution is 2.32. The van der Waals surface area contributed by atoms with Gasteiger partial charge in [0.05, 0.1) is 13.2 Å². The highest BCUT2D eigenvalue weighted by molar-refractivity contribution is 6.04. The van der Waals surface area contributed by atoms with Gasteiger partial charge in [-0.2, -0.15) is 0 Å². The summed E-state index contributed by atoms with van der Waals surface area (Å²) < 4.78 is 29.1. The number of hydrogen-bond acceptors (Lipinski definition) is 5. The fraction of sp³-hybridized carbons (Fsp3) is 0.263. The maximum absolute atomic E-state index is 13.0. The van der Waals surface area contributed by atoms with Crippen LogP contribution in [0.5, 0.6) is 11.5 Å². The minimum atomic E-state index is -0.412. The van der Waals surface area contributed by atoms with Crippen molar-refractivity contribution < 1.29 is 23.4 Å². The van der Waals surface area contributed by atoms with Gasteiger partial charge in [0.1, 0.15) is 5.82 Å². The van der Waals surface area contributed by atoms with Gasteiger partial charge in [-0.1, -0.05) is 13.0 Å². The first-order chi connectivity index (χ1) is 12.7. The van der Waals surface area contributed by atoms with Crippen molar-refractivity contribution in [1.29, 1.82) is 0 Å². The van der Waals surface area contributed by atoms with Crippen molar-refractivity contribution in [3.05, 3.63) is 59.4 Å². The molecule has 0 atom stereocenters. The molecular formula is C19H19FN2O4. The number of hydrogen-bond donors (Lipinski definition) is 1. The van der Waals surface area contributed by atoms with Gasteiger partial charge in [0.2, 0.25) is 6.79 Å². The molecule has 1 heterocycles. The van der Waals surface area contributed by atoms with E-state index in [1.165, 1.54) is 24.3 Å². The first-order valence-corrected chi connectivity index (χ1v) is 8.28. The Bertz CT molecular complexity index is 806. The maximum atomic E-state index is 13.0. The minimum absolute atomic E-state index is 0.124. The number of ether oxygens (including phenoxy) is 3. The lowest BCUT2D eigenvalue weighted by atomic mass is 10.2. The van der Waals surface area contributed by atoms with Crippen LogP contribution in [0.3, 0.4) is 0 Å². The molecule has 0 aromatic heterocycles. The average molecular weight is 358 g/mol. The highest BCUT2D eigenvalue weighted by Gasteiger charge is 2.14. The first kappa shape index (κ1) is 17.7. The van der Waals surface area contributed by atoms with E-state index in [2.05, 4.69) is 10.3 Å².